The molecule has 110 valence electrons. The fourth-order valence-electron chi connectivity index (χ4n) is 2.86. The summed E-state index contributed by atoms with van der Waals surface area (Å²) in [5, 5.41) is 3.03. The molecule has 2 aromatic rings. The third kappa shape index (κ3) is 2.84. The number of benzene rings is 1. The molecule has 1 aromatic heterocycles. The minimum atomic E-state index is 0.0740. The lowest BCUT2D eigenvalue weighted by atomic mass is 9.94. The van der Waals surface area contributed by atoms with E-state index in [0.29, 0.717) is 5.95 Å². The van der Waals surface area contributed by atoms with Gasteiger partial charge in [-0.3, -0.25) is 10.1 Å². The maximum absolute atomic E-state index is 12.4. The summed E-state index contributed by atoms with van der Waals surface area (Å²) in [6.07, 6.45) is 8.01. The van der Waals surface area contributed by atoms with Crippen LogP contribution in [0.15, 0.2) is 36.4 Å². The number of hydrogen-bond donors (Lipinski definition) is 1. The monoisotopic (exact) mass is 283 g/mol. The Morgan fingerprint density at radius 2 is 2.24 bits per heavy atom. The Kier molecular flexibility index (Phi) is 4.04. The zero-order chi connectivity index (χ0) is 14.7. The fraction of sp³-hybridized carbons (Fsp3) is 0.412. The number of aryl methyl sites for hydroxylation is 1. The smallest absolute Gasteiger partial charge is 0.230 e. The second kappa shape index (κ2) is 6.12. The van der Waals surface area contributed by atoms with Crippen LogP contribution < -0.4 is 5.32 Å². The molecule has 0 unspecified atom stereocenters. The summed E-state index contributed by atoms with van der Waals surface area (Å²) >= 11 is 0. The van der Waals surface area contributed by atoms with Gasteiger partial charge in [-0.2, -0.15) is 0 Å². The Morgan fingerprint density at radius 1 is 1.38 bits per heavy atom. The van der Waals surface area contributed by atoms with E-state index in [9.17, 15) is 4.79 Å². The average Bonchev–Trinajstić information content (AvgIpc) is 2.86. The van der Waals surface area contributed by atoms with Crippen molar-refractivity contribution < 1.29 is 4.79 Å². The van der Waals surface area contributed by atoms with Crippen LogP contribution in [-0.4, -0.2) is 15.5 Å². The van der Waals surface area contributed by atoms with Gasteiger partial charge in [0.2, 0.25) is 11.9 Å². The van der Waals surface area contributed by atoms with Crippen LogP contribution in [0.2, 0.25) is 0 Å². The van der Waals surface area contributed by atoms with Crippen molar-refractivity contribution in [3.05, 3.63) is 36.4 Å². The molecule has 3 rings (SSSR count). The van der Waals surface area contributed by atoms with Gasteiger partial charge in [-0.25, -0.2) is 4.98 Å². The summed E-state index contributed by atoms with van der Waals surface area (Å²) in [6, 6.07) is 8.02. The van der Waals surface area contributed by atoms with Gasteiger partial charge in [-0.15, -0.1) is 0 Å². The molecule has 21 heavy (non-hydrogen) atoms. The highest BCUT2D eigenvalue weighted by molar-refractivity contribution is 5.93. The normalized spacial score (nSPS) is 18.0. The Labute approximate surface area is 124 Å². The van der Waals surface area contributed by atoms with E-state index in [4.69, 9.17) is 0 Å². The zero-order valence-corrected chi connectivity index (χ0v) is 12.4. The van der Waals surface area contributed by atoms with E-state index in [0.717, 1.165) is 43.3 Å². The highest BCUT2D eigenvalue weighted by Gasteiger charge is 2.21. The van der Waals surface area contributed by atoms with Crippen LogP contribution in [-0.2, 0) is 11.3 Å². The number of imidazole rings is 1. The Balaban J connectivity index is 1.87. The summed E-state index contributed by atoms with van der Waals surface area (Å²) < 4.78 is 2.10. The number of hydrogen-bond acceptors (Lipinski definition) is 2. The van der Waals surface area contributed by atoms with Gasteiger partial charge >= 0.3 is 0 Å². The first-order chi connectivity index (χ1) is 10.3. The van der Waals surface area contributed by atoms with Gasteiger partial charge in [0.25, 0.3) is 0 Å². The van der Waals surface area contributed by atoms with Gasteiger partial charge in [0.15, 0.2) is 0 Å². The fourth-order valence-corrected chi connectivity index (χ4v) is 2.86. The Bertz CT molecular complexity index is 672. The first-order valence-electron chi connectivity index (χ1n) is 7.70. The number of anilines is 1. The summed E-state index contributed by atoms with van der Waals surface area (Å²) in [5.74, 6) is 0.842. The molecule has 0 bridgehead atoms. The van der Waals surface area contributed by atoms with Gasteiger partial charge in [-0.1, -0.05) is 31.2 Å². The van der Waals surface area contributed by atoms with Crippen molar-refractivity contribution in [3.63, 3.8) is 0 Å². The van der Waals surface area contributed by atoms with E-state index in [1.807, 2.05) is 18.2 Å². The third-order valence-electron chi connectivity index (χ3n) is 3.98. The molecule has 0 radical (unpaired) electrons. The number of allylic oxidation sites excluding steroid dienone is 2. The number of nitrogens with one attached hydrogen (secondary N) is 1. The van der Waals surface area contributed by atoms with Crippen molar-refractivity contribution in [2.24, 2.45) is 5.92 Å². The van der Waals surface area contributed by atoms with Gasteiger partial charge in [-0.05, 0) is 37.8 Å². The van der Waals surface area contributed by atoms with Gasteiger partial charge in [0.05, 0.1) is 11.0 Å². The predicted octanol–water partition coefficient (Wildman–Crippen LogP) is 3.74. The predicted molar refractivity (Wildman–Crippen MR) is 85.1 cm³/mol. The topological polar surface area (TPSA) is 46.9 Å². The second-order valence-electron chi connectivity index (χ2n) is 5.55. The minimum absolute atomic E-state index is 0.0740. The highest BCUT2D eigenvalue weighted by Crippen LogP contribution is 2.23. The molecule has 0 spiro atoms. The number of rotatable bonds is 4. The van der Waals surface area contributed by atoms with Crippen molar-refractivity contribution >= 4 is 22.9 Å². The third-order valence-corrected chi connectivity index (χ3v) is 3.98. The quantitative estimate of drug-likeness (QED) is 0.869. The van der Waals surface area contributed by atoms with Crippen molar-refractivity contribution in [2.75, 3.05) is 5.32 Å². The molecule has 4 heteroatoms. The van der Waals surface area contributed by atoms with Gasteiger partial charge in [0.1, 0.15) is 0 Å². The Hall–Kier alpha value is -2.10. The molecule has 1 aliphatic rings. The number of carbonyl (C=O) groups is 1. The number of amides is 1. The first kappa shape index (κ1) is 13.9. The van der Waals surface area contributed by atoms with E-state index in [-0.39, 0.29) is 11.8 Å². The van der Waals surface area contributed by atoms with Gasteiger partial charge in [0, 0.05) is 12.5 Å². The molecule has 4 nitrogen and oxygen atoms in total. The lowest BCUT2D eigenvalue weighted by Crippen LogP contribution is -2.25. The molecular formula is C17H21N3O. The van der Waals surface area contributed by atoms with Crippen LogP contribution in [0.25, 0.3) is 11.0 Å². The van der Waals surface area contributed by atoms with Crippen LogP contribution in [0, 0.1) is 5.92 Å². The van der Waals surface area contributed by atoms with E-state index in [2.05, 4.69) is 40.0 Å². The summed E-state index contributed by atoms with van der Waals surface area (Å²) in [6.45, 7) is 2.99. The average molecular weight is 283 g/mol. The zero-order valence-electron chi connectivity index (χ0n) is 12.4. The molecule has 0 aliphatic heterocycles. The van der Waals surface area contributed by atoms with E-state index >= 15 is 0 Å². The molecular weight excluding hydrogens is 262 g/mol. The molecule has 0 saturated heterocycles. The number of para-hydroxylation sites is 2. The van der Waals surface area contributed by atoms with Crippen LogP contribution in [0.4, 0.5) is 5.95 Å². The van der Waals surface area contributed by atoms with Gasteiger partial charge < -0.3 is 4.57 Å². The van der Waals surface area contributed by atoms with E-state index in [1.165, 1.54) is 0 Å². The van der Waals surface area contributed by atoms with Crippen LogP contribution in [0.1, 0.15) is 32.6 Å². The molecule has 1 heterocycles. The maximum Gasteiger partial charge on any atom is 0.230 e. The van der Waals surface area contributed by atoms with Crippen molar-refractivity contribution in [1.29, 1.82) is 0 Å². The standard InChI is InChI=1S/C17H21N3O/c1-2-12-20-15-11-7-6-10-14(15)18-17(20)19-16(21)13-8-4-3-5-9-13/h3-4,6-7,10-11,13H,2,5,8-9,12H2,1H3,(H,18,19,21)/t13-/m1/s1. The number of fused-ring (bicyclic) bond motifs is 1. The van der Waals surface area contributed by atoms with Crippen LogP contribution >= 0.6 is 0 Å². The number of aromatic nitrogens is 2. The lowest BCUT2D eigenvalue weighted by Gasteiger charge is -2.17. The maximum atomic E-state index is 12.4. The van der Waals surface area contributed by atoms with E-state index < -0.39 is 0 Å². The molecule has 1 aliphatic carbocycles. The second-order valence-corrected chi connectivity index (χ2v) is 5.55. The minimum Gasteiger partial charge on any atom is -0.310 e. The largest absolute Gasteiger partial charge is 0.310 e. The van der Waals surface area contributed by atoms with E-state index in [1.54, 1.807) is 0 Å². The highest BCUT2D eigenvalue weighted by atomic mass is 16.2. The molecule has 1 atom stereocenters. The number of nitrogens with zero attached hydrogens (tertiary/aromatic N) is 2. The summed E-state index contributed by atoms with van der Waals surface area (Å²) in [4.78, 5) is 17.0. The summed E-state index contributed by atoms with van der Waals surface area (Å²) in [5.41, 5.74) is 2.02. The van der Waals surface area contributed by atoms with Crippen molar-refractivity contribution in [3.8, 4) is 0 Å². The van der Waals surface area contributed by atoms with Crippen LogP contribution in [0.3, 0.4) is 0 Å². The van der Waals surface area contributed by atoms with Crippen molar-refractivity contribution in [1.82, 2.24) is 9.55 Å². The molecule has 1 aromatic carbocycles. The molecule has 0 fully saturated rings. The first-order valence-corrected chi connectivity index (χ1v) is 7.70. The Morgan fingerprint density at radius 3 is 3.00 bits per heavy atom. The number of carbonyl (C=O) groups excluding carboxylic acids is 1. The van der Waals surface area contributed by atoms with Crippen molar-refractivity contribution in [2.45, 2.75) is 39.2 Å². The lowest BCUT2D eigenvalue weighted by molar-refractivity contribution is -0.120. The summed E-state index contributed by atoms with van der Waals surface area (Å²) in [7, 11) is 0. The molecule has 1 N–H and O–H groups in total. The molecule has 0 saturated carbocycles. The molecule has 1 amide bonds. The SMILES string of the molecule is CCCn1c(NC(=O)[C@@H]2CC=CCC2)nc2ccccc21. The van der Waals surface area contributed by atoms with Crippen LogP contribution in [0.5, 0.6) is 0 Å².